The quantitative estimate of drug-likeness (QED) is 0.363. The van der Waals surface area contributed by atoms with Gasteiger partial charge in [-0.05, 0) is 12.1 Å². The molecule has 0 fully saturated rings. The van der Waals surface area contributed by atoms with E-state index in [-0.39, 0.29) is 25.5 Å². The molecule has 4 nitrogen and oxygen atoms in total. The number of imidazole rings is 1. The van der Waals surface area contributed by atoms with E-state index in [0.29, 0.717) is 0 Å². The fraction of sp³-hybridized carbons (Fsp3) is 0.190. The van der Waals surface area contributed by atoms with E-state index in [2.05, 4.69) is 43.5 Å². The Morgan fingerprint density at radius 3 is 2.31 bits per heavy atom. The van der Waals surface area contributed by atoms with E-state index in [1.807, 2.05) is 59.6 Å². The normalized spacial score (nSPS) is 11.3. The Labute approximate surface area is 166 Å². The maximum Gasteiger partial charge on any atom is 0.281 e. The van der Waals surface area contributed by atoms with E-state index >= 15 is 0 Å². The summed E-state index contributed by atoms with van der Waals surface area (Å²) in [5.41, 5.74) is 4.57. The largest absolute Gasteiger partial charge is 0.281 e. The average Bonchev–Trinajstić information content (AvgIpc) is 3.01. The van der Waals surface area contributed by atoms with Crippen LogP contribution >= 0.6 is 0 Å². The van der Waals surface area contributed by atoms with Crippen LogP contribution in [0.15, 0.2) is 67.1 Å². The van der Waals surface area contributed by atoms with Crippen LogP contribution in [-0.2, 0) is 25.5 Å². The fourth-order valence-corrected chi connectivity index (χ4v) is 2.78. The summed E-state index contributed by atoms with van der Waals surface area (Å²) in [4.78, 5) is 9.66. The van der Waals surface area contributed by atoms with Gasteiger partial charge in [-0.25, -0.2) is 4.57 Å². The first-order chi connectivity index (χ1) is 12.0. The van der Waals surface area contributed by atoms with Gasteiger partial charge >= 0.3 is 0 Å². The molecule has 4 rings (SSSR count). The van der Waals surface area contributed by atoms with Gasteiger partial charge in [0.2, 0.25) is 0 Å². The smallest absolute Gasteiger partial charge is 0.206 e. The maximum absolute atomic E-state index is 4.93. The van der Waals surface area contributed by atoms with Crippen molar-refractivity contribution in [3.8, 4) is 11.4 Å². The van der Waals surface area contributed by atoms with Crippen molar-refractivity contribution >= 4 is 11.3 Å². The van der Waals surface area contributed by atoms with E-state index in [1.54, 1.807) is 0 Å². The van der Waals surface area contributed by atoms with Crippen LogP contribution in [0.2, 0.25) is 0 Å². The minimum absolute atomic E-state index is 0. The van der Waals surface area contributed by atoms with Crippen molar-refractivity contribution < 1.29 is 20.1 Å². The molecule has 2 aromatic carbocycles. The first-order valence-electron chi connectivity index (χ1n) is 8.37. The number of hydrogen-bond acceptors (Lipinski definition) is 2. The summed E-state index contributed by atoms with van der Waals surface area (Å²) in [6.45, 7) is 6.45. The zero-order valence-corrected chi connectivity index (χ0v) is 17.4. The van der Waals surface area contributed by atoms with Crippen molar-refractivity contribution in [1.82, 2.24) is 19.1 Å². The summed E-state index contributed by atoms with van der Waals surface area (Å²) in [5.74, 6) is 0. The van der Waals surface area contributed by atoms with Crippen molar-refractivity contribution in [2.24, 2.45) is 0 Å². The molecule has 0 atom stereocenters. The molecule has 0 spiro atoms. The number of rotatable bonds is 2. The molecule has 0 amide bonds. The van der Waals surface area contributed by atoms with Gasteiger partial charge in [-0.3, -0.25) is 0 Å². The molecule has 2 aromatic heterocycles. The van der Waals surface area contributed by atoms with Gasteiger partial charge in [0.15, 0.2) is 6.33 Å². The van der Waals surface area contributed by atoms with E-state index in [9.17, 15) is 0 Å². The van der Waals surface area contributed by atoms with Gasteiger partial charge in [-0.1, -0.05) is 39.0 Å². The monoisotopic (exact) mass is 521 g/mol. The van der Waals surface area contributed by atoms with Gasteiger partial charge in [0, 0.05) is 31.2 Å². The van der Waals surface area contributed by atoms with Crippen LogP contribution in [0.5, 0.6) is 0 Å². The molecule has 133 valence electrons. The minimum atomic E-state index is -0.0612. The molecule has 0 aliphatic rings. The summed E-state index contributed by atoms with van der Waals surface area (Å²) in [6.07, 6.45) is 3.90. The van der Waals surface area contributed by atoms with Crippen LogP contribution in [0.3, 0.4) is 0 Å². The number of benzene rings is 2. The second kappa shape index (κ2) is 7.10. The Morgan fingerprint density at radius 2 is 1.65 bits per heavy atom. The summed E-state index contributed by atoms with van der Waals surface area (Å²) >= 11 is 0. The molecule has 5 heteroatoms. The van der Waals surface area contributed by atoms with Crippen molar-refractivity contribution in [1.29, 1.82) is 0 Å². The molecule has 0 unspecified atom stereocenters. The Morgan fingerprint density at radius 1 is 0.923 bits per heavy atom. The second-order valence-electron chi connectivity index (χ2n) is 7.09. The van der Waals surface area contributed by atoms with Crippen LogP contribution in [0, 0.1) is 6.07 Å². The van der Waals surface area contributed by atoms with Crippen LogP contribution in [0.4, 0.5) is 0 Å². The first-order valence-corrected chi connectivity index (χ1v) is 8.37. The third-order valence-electron chi connectivity index (χ3n) is 4.18. The van der Waals surface area contributed by atoms with E-state index in [4.69, 9.17) is 9.97 Å². The van der Waals surface area contributed by atoms with Gasteiger partial charge in [-0.15, -0.1) is 12.1 Å². The third kappa shape index (κ3) is 3.33. The van der Waals surface area contributed by atoms with Gasteiger partial charge in [0.05, 0.1) is 11.9 Å². The van der Waals surface area contributed by atoms with Crippen LogP contribution in [-0.4, -0.2) is 19.1 Å². The summed E-state index contributed by atoms with van der Waals surface area (Å²) < 4.78 is 4.11. The van der Waals surface area contributed by atoms with E-state index in [0.717, 1.165) is 28.4 Å². The summed E-state index contributed by atoms with van der Waals surface area (Å²) in [6, 6.07) is 21.4. The summed E-state index contributed by atoms with van der Waals surface area (Å²) in [7, 11) is 0. The molecule has 0 aliphatic carbocycles. The number of hydrogen-bond donors (Lipinski definition) is 0. The number of fused-ring (bicyclic) bond motifs is 1. The molecule has 0 saturated carbocycles. The summed E-state index contributed by atoms with van der Waals surface area (Å²) in [5, 5.41) is 0. The molecule has 2 heterocycles. The standard InChI is InChI=1S/C21H20N4.Ir/c1-21(2,3)18-14-22-19-20(23-18)25(17-12-8-5-9-13-17)15-24(19)16-10-6-4-7-11-16;/h4-12,14-15H,1-3H3;. The number of aromatic nitrogens is 4. The van der Waals surface area contributed by atoms with Crippen LogP contribution in [0.1, 0.15) is 26.5 Å². The van der Waals surface area contributed by atoms with Crippen molar-refractivity contribution in [2.45, 2.75) is 26.2 Å². The zero-order valence-electron chi connectivity index (χ0n) is 15.0. The predicted octanol–water partition coefficient (Wildman–Crippen LogP) is 4.59. The van der Waals surface area contributed by atoms with Crippen LogP contribution in [0.25, 0.3) is 22.7 Å². The molecule has 0 saturated heterocycles. The van der Waals surface area contributed by atoms with E-state index in [1.165, 1.54) is 0 Å². The van der Waals surface area contributed by atoms with Gasteiger partial charge in [0.25, 0.3) is 11.3 Å². The van der Waals surface area contributed by atoms with Crippen molar-refractivity contribution in [3.63, 3.8) is 0 Å². The molecule has 0 bridgehead atoms. The number of para-hydroxylation sites is 2. The second-order valence-corrected chi connectivity index (χ2v) is 7.09. The van der Waals surface area contributed by atoms with Gasteiger partial charge in [-0.2, -0.15) is 32.7 Å². The topological polar surface area (TPSA) is 35.6 Å². The Bertz CT molecular complexity index is 1020. The van der Waals surface area contributed by atoms with Crippen LogP contribution < -0.4 is 0 Å². The average molecular weight is 521 g/mol. The molecule has 4 aromatic rings. The fourth-order valence-electron chi connectivity index (χ4n) is 2.78. The Kier molecular flexibility index (Phi) is 5.03. The molecular formula is C21H20IrN4. The molecule has 26 heavy (non-hydrogen) atoms. The first kappa shape index (κ1) is 18.4. The zero-order chi connectivity index (χ0) is 17.4. The Hall–Kier alpha value is -2.36. The SMILES string of the molecule is CC(C)(C)c1cnc2c(n1)n(-c1[c-]cccc1)[cH+]n2-c1ccccc1.[Ir]. The van der Waals surface area contributed by atoms with E-state index < -0.39 is 0 Å². The van der Waals surface area contributed by atoms with Crippen molar-refractivity contribution in [3.05, 3.63) is 78.9 Å². The van der Waals surface area contributed by atoms with Crippen molar-refractivity contribution in [2.75, 3.05) is 0 Å². The molecule has 0 aliphatic heterocycles. The van der Waals surface area contributed by atoms with Gasteiger partial charge < -0.3 is 0 Å². The molecule has 1 radical (unpaired) electrons. The Balaban J connectivity index is 0.00000196. The minimum Gasteiger partial charge on any atom is -0.206 e. The molecular weight excluding hydrogens is 500 g/mol. The molecule has 0 N–H and O–H groups in total. The third-order valence-corrected chi connectivity index (χ3v) is 4.18. The maximum atomic E-state index is 4.93. The number of nitrogens with zero attached hydrogens (tertiary/aromatic N) is 4. The predicted molar refractivity (Wildman–Crippen MR) is 100 cm³/mol. The van der Waals surface area contributed by atoms with Gasteiger partial charge in [0.1, 0.15) is 5.69 Å².